The minimum absolute atomic E-state index is 0. The number of hydrogen-bond acceptors (Lipinski definition) is 3. The summed E-state index contributed by atoms with van der Waals surface area (Å²) in [6.45, 7) is 8.87. The van der Waals surface area contributed by atoms with Gasteiger partial charge in [-0.1, -0.05) is 27.7 Å². The van der Waals surface area contributed by atoms with Crippen LogP contribution in [0.4, 0.5) is 0 Å². The van der Waals surface area contributed by atoms with Gasteiger partial charge in [-0.25, -0.2) is 0 Å². The van der Waals surface area contributed by atoms with Crippen LogP contribution in [0, 0.1) is 10.8 Å². The molecule has 0 unspecified atom stereocenters. The van der Waals surface area contributed by atoms with Gasteiger partial charge in [0.1, 0.15) is 0 Å². The van der Waals surface area contributed by atoms with Gasteiger partial charge < -0.3 is 5.32 Å². The highest BCUT2D eigenvalue weighted by Gasteiger charge is 2.65. The molecule has 2 rings (SSSR count). The third kappa shape index (κ3) is 2.07. The summed E-state index contributed by atoms with van der Waals surface area (Å²) in [6.07, 6.45) is 0. The number of halogens is 1. The lowest BCUT2D eigenvalue weighted by atomic mass is 10.0. The molecular weight excluding hydrogens is 244 g/mol. The molecule has 3 nitrogen and oxygen atoms in total. The summed E-state index contributed by atoms with van der Waals surface area (Å²) in [4.78, 5) is 11.9. The summed E-state index contributed by atoms with van der Waals surface area (Å²) >= 11 is 1.79. The van der Waals surface area contributed by atoms with Crippen LogP contribution >= 0.6 is 24.2 Å². The zero-order chi connectivity index (χ0) is 11.3. The Morgan fingerprint density at radius 2 is 1.88 bits per heavy atom. The van der Waals surface area contributed by atoms with Crippen molar-refractivity contribution in [2.75, 3.05) is 11.6 Å². The largest absolute Gasteiger partial charge is 0.351 e. The van der Waals surface area contributed by atoms with Crippen LogP contribution in [-0.2, 0) is 4.79 Å². The van der Waals surface area contributed by atoms with Gasteiger partial charge in [0.2, 0.25) is 5.91 Å². The molecule has 94 valence electrons. The molecule has 1 saturated carbocycles. The van der Waals surface area contributed by atoms with Crippen LogP contribution in [0.5, 0.6) is 0 Å². The highest BCUT2D eigenvalue weighted by molar-refractivity contribution is 7.99. The normalized spacial score (nSPS) is 30.6. The fraction of sp³-hybridized carbons (Fsp3) is 0.909. The van der Waals surface area contributed by atoms with E-state index < -0.39 is 0 Å². The summed E-state index contributed by atoms with van der Waals surface area (Å²) in [7, 11) is 0. The zero-order valence-corrected chi connectivity index (χ0v) is 11.9. The molecule has 0 aromatic carbocycles. The molecule has 1 aliphatic heterocycles. The second kappa shape index (κ2) is 4.39. The highest BCUT2D eigenvalue weighted by atomic mass is 35.5. The Hall–Kier alpha value is 0.0700. The van der Waals surface area contributed by atoms with Crippen molar-refractivity contribution in [2.45, 2.75) is 39.8 Å². The van der Waals surface area contributed by atoms with E-state index in [2.05, 4.69) is 38.3 Å². The summed E-state index contributed by atoms with van der Waals surface area (Å²) in [5, 5.41) is 6.36. The topological polar surface area (TPSA) is 41.1 Å². The second-order valence-corrected chi connectivity index (χ2v) is 6.69. The van der Waals surface area contributed by atoms with Gasteiger partial charge in [-0.05, 0) is 10.8 Å². The first-order valence-electron chi connectivity index (χ1n) is 5.49. The van der Waals surface area contributed by atoms with Crippen LogP contribution in [0.3, 0.4) is 0 Å². The van der Waals surface area contributed by atoms with Gasteiger partial charge in [0.05, 0.1) is 6.04 Å². The Balaban J connectivity index is 0.00000128. The summed E-state index contributed by atoms with van der Waals surface area (Å²) in [6, 6.07) is 0.340. The Morgan fingerprint density at radius 3 is 2.25 bits per heavy atom. The van der Waals surface area contributed by atoms with Gasteiger partial charge in [-0.2, -0.15) is 0 Å². The van der Waals surface area contributed by atoms with Crippen molar-refractivity contribution in [1.29, 1.82) is 0 Å². The number of nitrogens with one attached hydrogen (secondary N) is 2. The number of carbonyl (C=O) groups excluding carboxylic acids is 1. The van der Waals surface area contributed by atoms with Crippen LogP contribution in [0.15, 0.2) is 0 Å². The molecule has 0 aromatic rings. The number of thioether (sulfide) groups is 1. The molecule has 0 aromatic heterocycles. The van der Waals surface area contributed by atoms with Gasteiger partial charge in [0.25, 0.3) is 0 Å². The van der Waals surface area contributed by atoms with E-state index in [9.17, 15) is 4.79 Å². The molecule has 5 heteroatoms. The maximum Gasteiger partial charge on any atom is 0.238 e. The number of carbonyl (C=O) groups is 1. The Morgan fingerprint density at radius 1 is 1.31 bits per heavy atom. The van der Waals surface area contributed by atoms with E-state index >= 15 is 0 Å². The third-order valence-corrected chi connectivity index (χ3v) is 5.28. The smallest absolute Gasteiger partial charge is 0.238 e. The van der Waals surface area contributed by atoms with Crippen molar-refractivity contribution in [2.24, 2.45) is 10.8 Å². The predicted octanol–water partition coefficient (Wildman–Crippen LogP) is 1.62. The Bertz CT molecular complexity index is 274. The van der Waals surface area contributed by atoms with Crippen LogP contribution in [0.1, 0.15) is 27.7 Å². The molecule has 1 heterocycles. The monoisotopic (exact) mass is 264 g/mol. The molecule has 16 heavy (non-hydrogen) atoms. The van der Waals surface area contributed by atoms with E-state index in [1.807, 2.05) is 0 Å². The van der Waals surface area contributed by atoms with Gasteiger partial charge in [-0.15, -0.1) is 24.2 Å². The summed E-state index contributed by atoms with van der Waals surface area (Å²) in [5.74, 6) is 1.97. The Labute approximate surface area is 108 Å². The highest BCUT2D eigenvalue weighted by Crippen LogP contribution is 2.62. The van der Waals surface area contributed by atoms with E-state index in [1.165, 1.54) is 0 Å². The fourth-order valence-electron chi connectivity index (χ4n) is 2.36. The van der Waals surface area contributed by atoms with Crippen LogP contribution in [-0.4, -0.2) is 29.6 Å². The zero-order valence-electron chi connectivity index (χ0n) is 10.3. The van der Waals surface area contributed by atoms with E-state index in [1.54, 1.807) is 11.8 Å². The minimum atomic E-state index is 0. The lowest BCUT2D eigenvalue weighted by molar-refractivity contribution is -0.122. The molecule has 2 N–H and O–H groups in total. The second-order valence-electron chi connectivity index (χ2n) is 5.66. The molecule has 0 bridgehead atoms. The van der Waals surface area contributed by atoms with E-state index in [-0.39, 0.29) is 35.2 Å². The first kappa shape index (κ1) is 14.1. The first-order valence-corrected chi connectivity index (χ1v) is 6.64. The number of amides is 1. The van der Waals surface area contributed by atoms with Gasteiger partial charge in [0.15, 0.2) is 0 Å². The van der Waals surface area contributed by atoms with Gasteiger partial charge >= 0.3 is 0 Å². The molecule has 1 amide bonds. The molecule has 1 atom stereocenters. The lowest BCUT2D eigenvalue weighted by Crippen LogP contribution is -2.44. The van der Waals surface area contributed by atoms with E-state index in [0.29, 0.717) is 6.04 Å². The third-order valence-electron chi connectivity index (χ3n) is 4.34. The maximum atomic E-state index is 11.9. The summed E-state index contributed by atoms with van der Waals surface area (Å²) in [5.41, 5.74) is 0.461. The fourth-order valence-corrected chi connectivity index (χ4v) is 3.31. The van der Waals surface area contributed by atoms with Crippen LogP contribution in [0.25, 0.3) is 0 Å². The lowest BCUT2D eigenvalue weighted by Gasteiger charge is -2.11. The molecule has 1 aliphatic carbocycles. The van der Waals surface area contributed by atoms with E-state index in [0.717, 1.165) is 11.6 Å². The minimum Gasteiger partial charge on any atom is -0.351 e. The predicted molar refractivity (Wildman–Crippen MR) is 71.0 cm³/mol. The summed E-state index contributed by atoms with van der Waals surface area (Å²) < 4.78 is 0. The number of rotatable bonds is 2. The molecular formula is C11H21ClN2OS. The number of hydrogen-bond donors (Lipinski definition) is 2. The van der Waals surface area contributed by atoms with Crippen molar-refractivity contribution < 1.29 is 4.79 Å². The van der Waals surface area contributed by atoms with Crippen LogP contribution in [0.2, 0.25) is 0 Å². The Kier molecular flexibility index (Phi) is 3.88. The molecule has 0 radical (unpaired) electrons. The average molecular weight is 265 g/mol. The van der Waals surface area contributed by atoms with Crippen molar-refractivity contribution in [3.63, 3.8) is 0 Å². The van der Waals surface area contributed by atoms with Crippen molar-refractivity contribution in [3.05, 3.63) is 0 Å². The molecule has 2 aliphatic rings. The van der Waals surface area contributed by atoms with Gasteiger partial charge in [-0.3, -0.25) is 10.1 Å². The molecule has 1 saturated heterocycles. The maximum absolute atomic E-state index is 11.9. The van der Waals surface area contributed by atoms with Gasteiger partial charge in [0, 0.05) is 17.7 Å². The van der Waals surface area contributed by atoms with Crippen molar-refractivity contribution in [1.82, 2.24) is 10.6 Å². The van der Waals surface area contributed by atoms with Crippen LogP contribution < -0.4 is 10.6 Å². The molecule has 2 fully saturated rings. The average Bonchev–Trinajstić information content (AvgIpc) is 2.65. The standard InChI is InChI=1S/C11H20N2OS.ClH/c1-10(2)9(11(10,3)4)13-8(14)7-5-15-6-12-7;/h7,9,12H,5-6H2,1-4H3,(H,13,14);1H/t7-;/m1./s1. The SMILES string of the molecule is CC1(C)C(NC(=O)[C@H]2CSCN2)C1(C)C.Cl. The first-order chi connectivity index (χ1) is 6.87. The van der Waals surface area contributed by atoms with Crippen molar-refractivity contribution >= 4 is 30.1 Å². The van der Waals surface area contributed by atoms with Crippen molar-refractivity contribution in [3.8, 4) is 0 Å². The van der Waals surface area contributed by atoms with E-state index in [4.69, 9.17) is 0 Å². The molecule has 0 spiro atoms. The quantitative estimate of drug-likeness (QED) is 0.797.